The number of fused-ring (bicyclic) bond motifs is 1. The average Bonchev–Trinajstić information content (AvgIpc) is 3.49. The van der Waals surface area contributed by atoms with Crippen LogP contribution >= 0.6 is 11.3 Å². The van der Waals surface area contributed by atoms with Crippen molar-refractivity contribution in [2.24, 2.45) is 5.92 Å². The Morgan fingerprint density at radius 1 is 1.07 bits per heavy atom. The predicted molar refractivity (Wildman–Crippen MR) is 154 cm³/mol. The van der Waals surface area contributed by atoms with Gasteiger partial charge in [0.25, 0.3) is 10.0 Å². The van der Waals surface area contributed by atoms with Crippen LogP contribution in [0.4, 0.5) is 15.1 Å². The summed E-state index contributed by atoms with van der Waals surface area (Å²) < 4.78 is 44.7. The van der Waals surface area contributed by atoms with Gasteiger partial charge < -0.3 is 10.0 Å². The molecule has 10 heteroatoms. The SMILES string of the molecule is [C-]#[N+]c1sccc1-c1c(-c2cccc(N3CC(C(=O)O)C3)c2)n(S(=O)(=O)c2cccc(C)c2)c2ccc(F)cc12. The van der Waals surface area contributed by atoms with Crippen LogP contribution in [0, 0.1) is 25.2 Å². The fourth-order valence-corrected chi connectivity index (χ4v) is 7.51. The Balaban J connectivity index is 1.68. The number of nitrogens with zero attached hydrogens (tertiary/aromatic N) is 3. The van der Waals surface area contributed by atoms with Gasteiger partial charge in [0, 0.05) is 40.9 Å². The number of aryl methyl sites for hydroxylation is 1. The number of aliphatic carboxylic acids is 1. The number of carboxylic acids is 1. The second-order valence-electron chi connectivity index (χ2n) is 9.71. The molecule has 1 fully saturated rings. The summed E-state index contributed by atoms with van der Waals surface area (Å²) in [5, 5.41) is 11.8. The molecule has 2 aromatic heterocycles. The van der Waals surface area contributed by atoms with Crippen LogP contribution in [0.5, 0.6) is 0 Å². The van der Waals surface area contributed by atoms with Crippen LogP contribution in [0.2, 0.25) is 0 Å². The third kappa shape index (κ3) is 4.15. The number of halogens is 1. The zero-order valence-corrected chi connectivity index (χ0v) is 22.8. The van der Waals surface area contributed by atoms with E-state index >= 15 is 0 Å². The highest BCUT2D eigenvalue weighted by molar-refractivity contribution is 7.90. The number of aromatic nitrogens is 1. The first-order valence-electron chi connectivity index (χ1n) is 12.4. The van der Waals surface area contributed by atoms with Crippen molar-refractivity contribution in [2.45, 2.75) is 11.8 Å². The fourth-order valence-electron chi connectivity index (χ4n) is 5.17. The van der Waals surface area contributed by atoms with Crippen molar-refractivity contribution in [3.8, 4) is 22.4 Å². The van der Waals surface area contributed by atoms with Gasteiger partial charge in [0.2, 0.25) is 5.00 Å². The Kier molecular flexibility index (Phi) is 6.21. The lowest BCUT2D eigenvalue weighted by atomic mass is 9.97. The topological polar surface area (TPSA) is 84.0 Å². The van der Waals surface area contributed by atoms with E-state index in [1.165, 1.54) is 39.6 Å². The van der Waals surface area contributed by atoms with E-state index in [1.807, 2.05) is 30.0 Å². The van der Waals surface area contributed by atoms with Crippen LogP contribution in [-0.4, -0.2) is 36.6 Å². The van der Waals surface area contributed by atoms with Crippen molar-refractivity contribution < 1.29 is 22.7 Å². The van der Waals surface area contributed by atoms with Crippen molar-refractivity contribution in [1.82, 2.24) is 3.97 Å². The quantitative estimate of drug-likeness (QED) is 0.227. The van der Waals surface area contributed by atoms with Crippen LogP contribution in [0.25, 0.3) is 38.1 Å². The van der Waals surface area contributed by atoms with Gasteiger partial charge in [-0.15, -0.1) is 0 Å². The van der Waals surface area contributed by atoms with Crippen LogP contribution < -0.4 is 4.90 Å². The molecule has 6 rings (SSSR count). The Morgan fingerprint density at radius 3 is 2.58 bits per heavy atom. The Bertz CT molecular complexity index is 1960. The van der Waals surface area contributed by atoms with E-state index in [-0.39, 0.29) is 10.4 Å². The largest absolute Gasteiger partial charge is 0.481 e. The third-order valence-corrected chi connectivity index (χ3v) is 9.66. The third-order valence-electron chi connectivity index (χ3n) is 7.15. The van der Waals surface area contributed by atoms with Gasteiger partial charge in [-0.05, 0) is 60.3 Å². The predicted octanol–water partition coefficient (Wildman–Crippen LogP) is 6.79. The van der Waals surface area contributed by atoms with E-state index in [9.17, 15) is 22.7 Å². The van der Waals surface area contributed by atoms with Gasteiger partial charge in [-0.3, -0.25) is 4.79 Å². The lowest BCUT2D eigenvalue weighted by Crippen LogP contribution is -2.50. The Labute approximate surface area is 234 Å². The van der Waals surface area contributed by atoms with Crippen LogP contribution in [0.1, 0.15) is 5.56 Å². The number of hydrogen-bond donors (Lipinski definition) is 1. The zero-order chi connectivity index (χ0) is 28.2. The monoisotopic (exact) mass is 571 g/mol. The molecule has 7 nitrogen and oxygen atoms in total. The Hall–Kier alpha value is -4.46. The van der Waals surface area contributed by atoms with Crippen molar-refractivity contribution in [1.29, 1.82) is 0 Å². The highest BCUT2D eigenvalue weighted by atomic mass is 32.2. The smallest absolute Gasteiger partial charge is 0.310 e. The molecule has 0 atom stereocenters. The first-order chi connectivity index (χ1) is 19.2. The molecule has 1 aliphatic rings. The van der Waals surface area contributed by atoms with Gasteiger partial charge in [-0.25, -0.2) is 21.6 Å². The standard InChI is InChI=1S/C30H22FN3O4S2/c1-18-5-3-8-23(13-18)40(37,38)34-26-10-9-21(31)15-25(26)27(24-11-12-39-29(24)32-2)28(34)19-6-4-7-22(14-19)33-16-20(17-33)30(35)36/h3-15,20H,16-17H2,1H3,(H,35,36). The molecule has 1 saturated heterocycles. The minimum atomic E-state index is -4.19. The van der Waals surface area contributed by atoms with E-state index in [2.05, 4.69) is 4.85 Å². The summed E-state index contributed by atoms with van der Waals surface area (Å²) in [7, 11) is -4.19. The summed E-state index contributed by atoms with van der Waals surface area (Å²) in [6, 6.07) is 19.6. The van der Waals surface area contributed by atoms with Gasteiger partial charge in [0.15, 0.2) is 0 Å². The average molecular weight is 572 g/mol. The molecule has 1 aliphatic heterocycles. The van der Waals surface area contributed by atoms with Gasteiger partial charge >= 0.3 is 5.97 Å². The van der Waals surface area contributed by atoms with Crippen molar-refractivity contribution in [3.05, 3.63) is 101 Å². The van der Waals surface area contributed by atoms with E-state index in [1.54, 1.807) is 35.7 Å². The van der Waals surface area contributed by atoms with Gasteiger partial charge in [-0.2, -0.15) is 11.3 Å². The number of benzene rings is 3. The number of anilines is 1. The second-order valence-corrected chi connectivity index (χ2v) is 12.4. The number of carboxylic acid groups (broad SMARTS) is 1. The molecule has 1 N–H and O–H groups in total. The maximum absolute atomic E-state index is 14.7. The number of carbonyl (C=O) groups is 1. The Morgan fingerprint density at radius 2 is 1.85 bits per heavy atom. The molecule has 5 aromatic rings. The van der Waals surface area contributed by atoms with E-state index in [4.69, 9.17) is 6.57 Å². The molecule has 0 bridgehead atoms. The van der Waals surface area contributed by atoms with E-state index in [0.29, 0.717) is 45.9 Å². The van der Waals surface area contributed by atoms with Crippen LogP contribution in [-0.2, 0) is 14.8 Å². The highest BCUT2D eigenvalue weighted by Gasteiger charge is 2.34. The molecule has 0 radical (unpaired) electrons. The highest BCUT2D eigenvalue weighted by Crippen LogP contribution is 2.48. The molecule has 0 spiro atoms. The van der Waals surface area contributed by atoms with Gasteiger partial charge in [-0.1, -0.05) is 30.3 Å². The van der Waals surface area contributed by atoms with Gasteiger partial charge in [0.1, 0.15) is 5.82 Å². The van der Waals surface area contributed by atoms with Crippen molar-refractivity contribution in [3.63, 3.8) is 0 Å². The van der Waals surface area contributed by atoms with Gasteiger partial charge in [0.05, 0.1) is 28.6 Å². The molecule has 3 aromatic carbocycles. The lowest BCUT2D eigenvalue weighted by Gasteiger charge is -2.38. The van der Waals surface area contributed by atoms with E-state index < -0.39 is 27.7 Å². The maximum Gasteiger partial charge on any atom is 0.310 e. The van der Waals surface area contributed by atoms with Crippen molar-refractivity contribution >= 4 is 48.9 Å². The second kappa shape index (κ2) is 9.62. The molecular weight excluding hydrogens is 549 g/mol. The summed E-state index contributed by atoms with van der Waals surface area (Å²) >= 11 is 1.23. The van der Waals surface area contributed by atoms with Crippen molar-refractivity contribution in [2.75, 3.05) is 18.0 Å². The normalized spacial score (nSPS) is 13.8. The molecule has 0 aliphatic carbocycles. The molecule has 40 heavy (non-hydrogen) atoms. The molecule has 0 unspecified atom stereocenters. The first-order valence-corrected chi connectivity index (χ1v) is 14.7. The maximum atomic E-state index is 14.7. The lowest BCUT2D eigenvalue weighted by molar-refractivity contribution is -0.142. The van der Waals surface area contributed by atoms with E-state index in [0.717, 1.165) is 11.3 Å². The number of hydrogen-bond acceptors (Lipinski definition) is 5. The van der Waals surface area contributed by atoms with Crippen LogP contribution in [0.3, 0.4) is 0 Å². The number of rotatable bonds is 6. The molecule has 0 saturated carbocycles. The number of thiophene rings is 1. The summed E-state index contributed by atoms with van der Waals surface area (Å²) in [5.74, 6) is -1.85. The molecular formula is C30H22FN3O4S2. The minimum absolute atomic E-state index is 0.0837. The molecule has 3 heterocycles. The molecule has 0 amide bonds. The minimum Gasteiger partial charge on any atom is -0.481 e. The fraction of sp³-hybridized carbons (Fsp3) is 0.133. The summed E-state index contributed by atoms with van der Waals surface area (Å²) in [6.07, 6.45) is 0. The zero-order valence-electron chi connectivity index (χ0n) is 21.2. The summed E-state index contributed by atoms with van der Waals surface area (Å²) in [5.41, 5.74) is 3.62. The van der Waals surface area contributed by atoms with Crippen LogP contribution in [0.15, 0.2) is 83.1 Å². The summed E-state index contributed by atoms with van der Waals surface area (Å²) in [4.78, 5) is 17.0. The molecule has 200 valence electrons. The first kappa shape index (κ1) is 25.8. The summed E-state index contributed by atoms with van der Waals surface area (Å²) in [6.45, 7) is 10.2.